The van der Waals surface area contributed by atoms with Crippen LogP contribution in [-0.2, 0) is 19.4 Å². The van der Waals surface area contributed by atoms with Gasteiger partial charge in [0.05, 0.1) is 12.2 Å². The number of aryl methyl sites for hydroxylation is 2. The zero-order chi connectivity index (χ0) is 19.5. The van der Waals surface area contributed by atoms with Gasteiger partial charge in [-0.25, -0.2) is 4.98 Å². The van der Waals surface area contributed by atoms with Crippen molar-refractivity contribution < 1.29 is 5.11 Å². The number of rotatable bonds is 6. The van der Waals surface area contributed by atoms with Gasteiger partial charge in [-0.1, -0.05) is 0 Å². The van der Waals surface area contributed by atoms with Crippen molar-refractivity contribution in [1.82, 2.24) is 19.7 Å². The summed E-state index contributed by atoms with van der Waals surface area (Å²) in [5.74, 6) is 0. The number of aliphatic hydroxyl groups is 1. The first-order valence-electron chi connectivity index (χ1n) is 11.4. The van der Waals surface area contributed by atoms with Gasteiger partial charge >= 0.3 is 0 Å². The number of aliphatic hydroxyl groups excluding tert-OH is 1. The maximum atomic E-state index is 9.67. The van der Waals surface area contributed by atoms with Crippen molar-refractivity contribution in [3.8, 4) is 0 Å². The molecule has 1 atom stereocenters. The molecule has 0 radical (unpaired) electrons. The summed E-state index contributed by atoms with van der Waals surface area (Å²) in [6.07, 6.45) is 8.52. The van der Waals surface area contributed by atoms with E-state index < -0.39 is 0 Å². The number of hydrogen-bond acceptors (Lipinski definition) is 6. The smallest absolute Gasteiger partial charge is 0.107 e. The van der Waals surface area contributed by atoms with E-state index in [1.807, 2.05) is 11.3 Å². The number of likely N-dealkylation sites (tertiary alicyclic amines) is 1. The minimum absolute atomic E-state index is 0.297. The normalized spacial score (nSPS) is 26.1. The summed E-state index contributed by atoms with van der Waals surface area (Å²) in [4.78, 5) is 14.4. The van der Waals surface area contributed by atoms with E-state index in [-0.39, 0.29) is 0 Å². The van der Waals surface area contributed by atoms with Gasteiger partial charge in [-0.15, -0.1) is 11.3 Å². The number of fused-ring (bicyclic) bond motifs is 1. The molecular weight excluding hydrogens is 368 g/mol. The molecule has 0 saturated carbocycles. The van der Waals surface area contributed by atoms with Gasteiger partial charge in [-0.3, -0.25) is 9.80 Å². The average molecular weight is 407 g/mol. The molecule has 2 saturated heterocycles. The predicted molar refractivity (Wildman–Crippen MR) is 116 cm³/mol. The molecule has 3 aliphatic rings. The fourth-order valence-corrected chi connectivity index (χ4v) is 6.56. The van der Waals surface area contributed by atoms with Crippen molar-refractivity contribution in [3.05, 3.63) is 15.6 Å². The van der Waals surface area contributed by atoms with Crippen molar-refractivity contribution in [2.75, 3.05) is 39.3 Å². The molecular formula is C22H38N4OS. The van der Waals surface area contributed by atoms with E-state index >= 15 is 0 Å². The summed E-state index contributed by atoms with van der Waals surface area (Å²) in [6, 6.07) is 1.85. The minimum Gasteiger partial charge on any atom is -0.396 e. The molecule has 1 aromatic rings. The van der Waals surface area contributed by atoms with Crippen molar-refractivity contribution in [2.45, 2.75) is 83.5 Å². The first kappa shape index (κ1) is 20.7. The highest BCUT2D eigenvalue weighted by molar-refractivity contribution is 7.11. The Balaban J connectivity index is 1.34. The van der Waals surface area contributed by atoms with Crippen LogP contribution in [0.25, 0.3) is 0 Å². The number of thiazole rings is 1. The second kappa shape index (κ2) is 9.52. The number of piperidine rings is 1. The number of hydrogen-bond donors (Lipinski definition) is 1. The van der Waals surface area contributed by atoms with Crippen LogP contribution in [0.1, 0.15) is 61.5 Å². The monoisotopic (exact) mass is 406 g/mol. The fraction of sp³-hybridized carbons (Fsp3) is 0.864. The van der Waals surface area contributed by atoms with Gasteiger partial charge in [0.25, 0.3) is 0 Å². The first-order chi connectivity index (χ1) is 13.6. The standard InChI is InChI=1S/C22H38N4OS/c1-17(2)25-10-7-18(8-11-25)26-13-12-24(15-19(26)9-14-27)16-22-23-20-5-3-4-6-21(20)28-22/h17-19,27H,3-16H2,1-2H3/t19-/m0/s1. The van der Waals surface area contributed by atoms with E-state index in [1.54, 1.807) is 4.88 Å². The SMILES string of the molecule is CC(C)N1CCC(N2CCN(Cc3nc4c(s3)CCCC4)C[C@@H]2CCO)CC1. The van der Waals surface area contributed by atoms with Gasteiger partial charge in [-0.05, 0) is 71.9 Å². The summed E-state index contributed by atoms with van der Waals surface area (Å²) in [6.45, 7) is 11.7. The van der Waals surface area contributed by atoms with Gasteiger partial charge in [0.15, 0.2) is 0 Å². The Morgan fingerprint density at radius 2 is 1.89 bits per heavy atom. The average Bonchev–Trinajstić information content (AvgIpc) is 3.11. The van der Waals surface area contributed by atoms with E-state index in [2.05, 4.69) is 28.5 Å². The molecule has 6 heteroatoms. The fourth-order valence-electron chi connectivity index (χ4n) is 5.36. The Kier molecular flexibility index (Phi) is 7.05. The van der Waals surface area contributed by atoms with Crippen LogP contribution in [0, 0.1) is 0 Å². The molecule has 28 heavy (non-hydrogen) atoms. The highest BCUT2D eigenvalue weighted by Crippen LogP contribution is 2.29. The summed E-state index contributed by atoms with van der Waals surface area (Å²) >= 11 is 1.95. The molecule has 1 aliphatic carbocycles. The highest BCUT2D eigenvalue weighted by Gasteiger charge is 2.34. The maximum Gasteiger partial charge on any atom is 0.107 e. The second-order valence-corrected chi connectivity index (χ2v) is 10.4. The van der Waals surface area contributed by atoms with E-state index in [0.29, 0.717) is 24.7 Å². The van der Waals surface area contributed by atoms with Crippen LogP contribution in [0.15, 0.2) is 0 Å². The van der Waals surface area contributed by atoms with Crippen LogP contribution in [0.4, 0.5) is 0 Å². The molecule has 1 aromatic heterocycles. The lowest BCUT2D eigenvalue weighted by atomic mass is 9.97. The van der Waals surface area contributed by atoms with Gasteiger partial charge in [0, 0.05) is 49.2 Å². The Morgan fingerprint density at radius 3 is 2.61 bits per heavy atom. The van der Waals surface area contributed by atoms with Crippen LogP contribution >= 0.6 is 11.3 Å². The summed E-state index contributed by atoms with van der Waals surface area (Å²) in [5, 5.41) is 11.0. The lowest BCUT2D eigenvalue weighted by molar-refractivity contribution is -0.0000504. The zero-order valence-electron chi connectivity index (χ0n) is 17.8. The van der Waals surface area contributed by atoms with Crippen LogP contribution in [-0.4, -0.2) is 82.2 Å². The maximum absolute atomic E-state index is 9.67. The molecule has 4 rings (SSSR count). The summed E-state index contributed by atoms with van der Waals surface area (Å²) < 4.78 is 0. The van der Waals surface area contributed by atoms with Crippen molar-refractivity contribution in [3.63, 3.8) is 0 Å². The third kappa shape index (κ3) is 4.78. The quantitative estimate of drug-likeness (QED) is 0.787. The largest absolute Gasteiger partial charge is 0.396 e. The van der Waals surface area contributed by atoms with Gasteiger partial charge < -0.3 is 10.0 Å². The number of nitrogens with zero attached hydrogens (tertiary/aromatic N) is 4. The number of aromatic nitrogens is 1. The Morgan fingerprint density at radius 1 is 1.11 bits per heavy atom. The topological polar surface area (TPSA) is 42.8 Å². The van der Waals surface area contributed by atoms with Crippen LogP contribution < -0.4 is 0 Å². The molecule has 5 nitrogen and oxygen atoms in total. The summed E-state index contributed by atoms with van der Waals surface area (Å²) in [7, 11) is 0. The van der Waals surface area contributed by atoms with Crippen LogP contribution in [0.5, 0.6) is 0 Å². The molecule has 2 aliphatic heterocycles. The second-order valence-electron chi connectivity index (χ2n) is 9.18. The molecule has 0 aromatic carbocycles. The highest BCUT2D eigenvalue weighted by atomic mass is 32.1. The molecule has 1 N–H and O–H groups in total. The predicted octanol–water partition coefficient (Wildman–Crippen LogP) is 2.76. The molecule has 0 amide bonds. The summed E-state index contributed by atoms with van der Waals surface area (Å²) in [5.41, 5.74) is 1.38. The molecule has 158 valence electrons. The van der Waals surface area contributed by atoms with Crippen molar-refractivity contribution >= 4 is 11.3 Å². The van der Waals surface area contributed by atoms with Crippen molar-refractivity contribution in [1.29, 1.82) is 0 Å². The van der Waals surface area contributed by atoms with Gasteiger partial charge in [-0.2, -0.15) is 0 Å². The lowest BCUT2D eigenvalue weighted by Gasteiger charge is -2.48. The third-order valence-corrected chi connectivity index (χ3v) is 8.16. The molecule has 0 unspecified atom stereocenters. The molecule has 0 spiro atoms. The lowest BCUT2D eigenvalue weighted by Crippen LogP contribution is -2.58. The van der Waals surface area contributed by atoms with Crippen LogP contribution in [0.2, 0.25) is 0 Å². The first-order valence-corrected chi connectivity index (χ1v) is 12.3. The number of piperazine rings is 1. The Hall–Kier alpha value is -0.530. The van der Waals surface area contributed by atoms with E-state index in [4.69, 9.17) is 4.98 Å². The van der Waals surface area contributed by atoms with Gasteiger partial charge in [0.2, 0.25) is 0 Å². The molecule has 2 fully saturated rings. The Bertz CT molecular complexity index is 603. The van der Waals surface area contributed by atoms with E-state index in [9.17, 15) is 5.11 Å². The van der Waals surface area contributed by atoms with E-state index in [0.717, 1.165) is 32.6 Å². The molecule has 3 heterocycles. The molecule has 0 bridgehead atoms. The zero-order valence-corrected chi connectivity index (χ0v) is 18.6. The van der Waals surface area contributed by atoms with Gasteiger partial charge in [0.1, 0.15) is 5.01 Å². The van der Waals surface area contributed by atoms with E-state index in [1.165, 1.54) is 62.3 Å². The van der Waals surface area contributed by atoms with Crippen molar-refractivity contribution in [2.24, 2.45) is 0 Å². The third-order valence-electron chi connectivity index (χ3n) is 7.02. The minimum atomic E-state index is 0.297. The Labute approximate surface area is 174 Å². The van der Waals surface area contributed by atoms with Crippen LogP contribution in [0.3, 0.4) is 0 Å².